The molecule has 30 heavy (non-hydrogen) atoms. The zero-order valence-electron chi connectivity index (χ0n) is 16.5. The second kappa shape index (κ2) is 7.58. The Kier molecular flexibility index (Phi) is 4.89. The molecular formula is C22H23N3O4S. The minimum atomic E-state index is -3.73. The number of hydrogen-bond donors (Lipinski definition) is 1. The van der Waals surface area contributed by atoms with Gasteiger partial charge >= 0.3 is 0 Å². The summed E-state index contributed by atoms with van der Waals surface area (Å²) in [6.07, 6.45) is 3.69. The van der Waals surface area contributed by atoms with Crippen molar-refractivity contribution in [1.82, 2.24) is 9.62 Å². The van der Waals surface area contributed by atoms with E-state index in [2.05, 4.69) is 15.7 Å². The fourth-order valence-corrected chi connectivity index (χ4v) is 6.37. The van der Waals surface area contributed by atoms with E-state index in [1.165, 1.54) is 17.7 Å². The summed E-state index contributed by atoms with van der Waals surface area (Å²) >= 11 is 0. The Labute approximate surface area is 176 Å². The van der Waals surface area contributed by atoms with Crippen LogP contribution in [0.25, 0.3) is 0 Å². The average Bonchev–Trinajstić information content (AvgIpc) is 3.29. The maximum Gasteiger partial charge on any atom is 0.242 e. The number of rotatable bonds is 5. The van der Waals surface area contributed by atoms with Crippen molar-refractivity contribution >= 4 is 10.0 Å². The van der Waals surface area contributed by atoms with Gasteiger partial charge in [0, 0.05) is 24.7 Å². The van der Waals surface area contributed by atoms with E-state index < -0.39 is 10.0 Å². The summed E-state index contributed by atoms with van der Waals surface area (Å²) < 4.78 is 39.5. The lowest BCUT2D eigenvalue weighted by molar-refractivity contribution is 0.115. The predicted octanol–water partition coefficient (Wildman–Crippen LogP) is 2.76. The highest BCUT2D eigenvalue weighted by Gasteiger charge is 2.42. The maximum absolute atomic E-state index is 12.9. The lowest BCUT2D eigenvalue weighted by Crippen LogP contribution is -2.49. The van der Waals surface area contributed by atoms with Gasteiger partial charge in [-0.25, -0.2) is 13.1 Å². The number of ether oxygens (including phenoxy) is 2. The van der Waals surface area contributed by atoms with Crippen molar-refractivity contribution in [2.45, 2.75) is 55.2 Å². The highest BCUT2D eigenvalue weighted by molar-refractivity contribution is 7.89. The Morgan fingerprint density at radius 1 is 1.07 bits per heavy atom. The largest absolute Gasteiger partial charge is 0.454 e. The third-order valence-electron chi connectivity index (χ3n) is 6.31. The normalized spacial score (nSPS) is 25.2. The van der Waals surface area contributed by atoms with Crippen molar-refractivity contribution in [3.8, 4) is 17.6 Å². The number of piperidine rings is 1. The first-order valence-corrected chi connectivity index (χ1v) is 11.7. The third kappa shape index (κ3) is 3.54. The Bertz CT molecular complexity index is 1100. The van der Waals surface area contributed by atoms with Gasteiger partial charge in [-0.2, -0.15) is 5.26 Å². The molecule has 0 saturated carbocycles. The second-order valence-electron chi connectivity index (χ2n) is 8.14. The van der Waals surface area contributed by atoms with E-state index in [-0.39, 0.29) is 23.3 Å². The molecule has 2 aromatic carbocycles. The SMILES string of the molecule is N#Cc1ccccc1S(=O)(=O)NC1CC2CCC(C1)N2Cc1ccc2c(c1)OCO2. The van der Waals surface area contributed by atoms with Crippen LogP contribution in [0.15, 0.2) is 47.4 Å². The van der Waals surface area contributed by atoms with Crippen molar-refractivity contribution in [3.05, 3.63) is 53.6 Å². The summed E-state index contributed by atoms with van der Waals surface area (Å²) in [5.74, 6) is 1.58. The van der Waals surface area contributed by atoms with Gasteiger partial charge in [0.2, 0.25) is 16.8 Å². The molecule has 5 rings (SSSR count). The van der Waals surface area contributed by atoms with Crippen LogP contribution in [0, 0.1) is 11.3 Å². The lowest BCUT2D eigenvalue weighted by Gasteiger charge is -2.39. The van der Waals surface area contributed by atoms with E-state index in [0.717, 1.165) is 43.7 Å². The molecule has 0 aliphatic carbocycles. The topological polar surface area (TPSA) is 91.7 Å². The zero-order valence-corrected chi connectivity index (χ0v) is 17.3. The average molecular weight is 426 g/mol. The van der Waals surface area contributed by atoms with E-state index in [4.69, 9.17) is 9.47 Å². The molecule has 0 spiro atoms. The van der Waals surface area contributed by atoms with E-state index in [0.29, 0.717) is 12.1 Å². The van der Waals surface area contributed by atoms with Crippen LogP contribution >= 0.6 is 0 Å². The van der Waals surface area contributed by atoms with Crippen LogP contribution in [-0.2, 0) is 16.6 Å². The molecule has 2 fully saturated rings. The smallest absolute Gasteiger partial charge is 0.242 e. The number of benzene rings is 2. The number of nitrogens with one attached hydrogen (secondary N) is 1. The quantitative estimate of drug-likeness (QED) is 0.792. The Hall–Kier alpha value is -2.60. The molecule has 0 amide bonds. The van der Waals surface area contributed by atoms with Crippen molar-refractivity contribution < 1.29 is 17.9 Å². The van der Waals surface area contributed by atoms with Gasteiger partial charge in [0.25, 0.3) is 0 Å². The molecule has 2 aromatic rings. The van der Waals surface area contributed by atoms with Gasteiger partial charge in [0.15, 0.2) is 11.5 Å². The van der Waals surface area contributed by atoms with Crippen molar-refractivity contribution in [2.24, 2.45) is 0 Å². The molecule has 1 N–H and O–H groups in total. The molecule has 156 valence electrons. The van der Waals surface area contributed by atoms with Crippen molar-refractivity contribution in [2.75, 3.05) is 6.79 Å². The first-order valence-electron chi connectivity index (χ1n) is 10.2. The minimum absolute atomic E-state index is 0.0580. The molecule has 8 heteroatoms. The number of fused-ring (bicyclic) bond motifs is 3. The van der Waals surface area contributed by atoms with Gasteiger partial charge in [-0.1, -0.05) is 18.2 Å². The summed E-state index contributed by atoms with van der Waals surface area (Å²) in [5, 5.41) is 9.25. The summed E-state index contributed by atoms with van der Waals surface area (Å²) in [6, 6.07) is 14.9. The predicted molar refractivity (Wildman–Crippen MR) is 109 cm³/mol. The van der Waals surface area contributed by atoms with Crippen LogP contribution in [0.2, 0.25) is 0 Å². The Balaban J connectivity index is 1.28. The molecule has 2 atom stereocenters. The monoisotopic (exact) mass is 425 g/mol. The van der Waals surface area contributed by atoms with Crippen LogP contribution in [0.3, 0.4) is 0 Å². The first kappa shape index (κ1) is 19.4. The lowest BCUT2D eigenvalue weighted by atomic mass is 9.97. The number of nitrogens with zero attached hydrogens (tertiary/aromatic N) is 2. The molecule has 3 heterocycles. The van der Waals surface area contributed by atoms with Crippen molar-refractivity contribution in [3.63, 3.8) is 0 Å². The van der Waals surface area contributed by atoms with Crippen LogP contribution in [-0.4, -0.2) is 38.2 Å². The van der Waals surface area contributed by atoms with E-state index in [9.17, 15) is 13.7 Å². The Morgan fingerprint density at radius 3 is 2.57 bits per heavy atom. The van der Waals surface area contributed by atoms with Crippen LogP contribution in [0.1, 0.15) is 36.8 Å². The van der Waals surface area contributed by atoms with Crippen LogP contribution < -0.4 is 14.2 Å². The summed E-state index contributed by atoms with van der Waals surface area (Å²) in [6.45, 7) is 1.09. The van der Waals surface area contributed by atoms with Gasteiger partial charge in [-0.15, -0.1) is 0 Å². The first-order chi connectivity index (χ1) is 14.5. The van der Waals surface area contributed by atoms with E-state index in [1.54, 1.807) is 12.1 Å². The molecule has 3 aliphatic rings. The Morgan fingerprint density at radius 2 is 1.80 bits per heavy atom. The molecular weight excluding hydrogens is 402 g/mol. The fourth-order valence-electron chi connectivity index (χ4n) is 4.95. The standard InChI is InChI=1S/C22H23N3O4S/c23-12-16-3-1-2-4-22(16)30(26,27)24-17-10-18-6-7-19(11-17)25(18)13-15-5-8-20-21(9-15)29-14-28-20/h1-5,8-9,17-19,24H,6-7,10-11,13-14H2. The highest BCUT2D eigenvalue weighted by atomic mass is 32.2. The second-order valence-corrected chi connectivity index (χ2v) is 9.82. The highest BCUT2D eigenvalue weighted by Crippen LogP contribution is 2.39. The minimum Gasteiger partial charge on any atom is -0.454 e. The van der Waals surface area contributed by atoms with Crippen LogP contribution in [0.5, 0.6) is 11.5 Å². The zero-order chi connectivity index (χ0) is 20.7. The third-order valence-corrected chi connectivity index (χ3v) is 7.88. The number of hydrogen-bond acceptors (Lipinski definition) is 6. The molecule has 2 saturated heterocycles. The molecule has 2 unspecified atom stereocenters. The summed E-state index contributed by atoms with van der Waals surface area (Å²) in [5.41, 5.74) is 1.35. The van der Waals surface area contributed by atoms with Gasteiger partial charge in [-0.3, -0.25) is 4.90 Å². The molecule has 3 aliphatic heterocycles. The molecule has 7 nitrogen and oxygen atoms in total. The molecule has 0 aromatic heterocycles. The van der Waals surface area contributed by atoms with Crippen molar-refractivity contribution in [1.29, 1.82) is 5.26 Å². The number of nitriles is 1. The summed E-state index contributed by atoms with van der Waals surface area (Å²) in [7, 11) is -3.73. The number of sulfonamides is 1. The van der Waals surface area contributed by atoms with Crippen LogP contribution in [0.4, 0.5) is 0 Å². The van der Waals surface area contributed by atoms with Gasteiger partial charge in [0.1, 0.15) is 6.07 Å². The van der Waals surface area contributed by atoms with Gasteiger partial charge in [0.05, 0.1) is 10.5 Å². The molecule has 0 radical (unpaired) electrons. The van der Waals surface area contributed by atoms with Gasteiger partial charge in [-0.05, 0) is 55.5 Å². The van der Waals surface area contributed by atoms with E-state index in [1.807, 2.05) is 18.2 Å². The fraction of sp³-hybridized carbons (Fsp3) is 0.409. The maximum atomic E-state index is 12.9. The molecule has 2 bridgehead atoms. The van der Waals surface area contributed by atoms with E-state index >= 15 is 0 Å². The van der Waals surface area contributed by atoms with Gasteiger partial charge < -0.3 is 9.47 Å². The summed E-state index contributed by atoms with van der Waals surface area (Å²) in [4.78, 5) is 2.55.